The normalized spacial score (nSPS) is 19.6. The maximum absolute atomic E-state index is 2.81. The molecule has 1 radical (unpaired) electrons. The summed E-state index contributed by atoms with van der Waals surface area (Å²) in [7, 11) is 0. The van der Waals surface area contributed by atoms with Gasteiger partial charge in [-0.2, -0.15) is 0 Å². The van der Waals surface area contributed by atoms with Crippen molar-refractivity contribution in [3.05, 3.63) is 0 Å². The van der Waals surface area contributed by atoms with E-state index in [1.807, 2.05) is 0 Å². The van der Waals surface area contributed by atoms with E-state index in [4.69, 9.17) is 0 Å². The summed E-state index contributed by atoms with van der Waals surface area (Å²) in [4.78, 5) is 0. The van der Waals surface area contributed by atoms with Gasteiger partial charge < -0.3 is 0 Å². The summed E-state index contributed by atoms with van der Waals surface area (Å²) in [6, 6.07) is 0. The first kappa shape index (κ1) is 15.7. The molecule has 1 aliphatic rings. The van der Waals surface area contributed by atoms with Crippen molar-refractivity contribution in [3.8, 4) is 0 Å². The summed E-state index contributed by atoms with van der Waals surface area (Å²) in [6.45, 7) is 20.3. The van der Waals surface area contributed by atoms with Crippen LogP contribution < -0.4 is 0 Å². The van der Waals surface area contributed by atoms with E-state index in [0.29, 0.717) is 0 Å². The van der Waals surface area contributed by atoms with Crippen LogP contribution in [-0.4, -0.2) is 62.8 Å². The van der Waals surface area contributed by atoms with Gasteiger partial charge in [-0.3, -0.25) is 0 Å². The van der Waals surface area contributed by atoms with E-state index < -0.39 is 20.6 Å². The first-order valence-corrected chi connectivity index (χ1v) is 10.9. The van der Waals surface area contributed by atoms with Crippen molar-refractivity contribution in [2.75, 3.05) is 32.8 Å². The second-order valence-corrected chi connectivity index (χ2v) is 13.0. The standard InChI is InChI=1S/C9H20N2.C4H10N.Sn/c1-8(2)5-10-7-11-6-9(3)4;1-3-5-4-2;/h8-9H,5-7H2,1-4H3;3-4H2,1-2H3;/q-2;-1;+3. The molecule has 0 saturated carbocycles. The predicted molar refractivity (Wildman–Crippen MR) is 76.6 cm³/mol. The van der Waals surface area contributed by atoms with E-state index in [1.54, 1.807) is 0 Å². The SMILES string of the molecule is CC[N](CC)[Sn]1[N](CC(C)C)C[N]1CC(C)C. The zero-order valence-corrected chi connectivity index (χ0v) is 15.4. The van der Waals surface area contributed by atoms with Crippen LogP contribution in [0.3, 0.4) is 0 Å². The molecule has 1 saturated heterocycles. The molecular formula is C13H30N3Sn. The van der Waals surface area contributed by atoms with E-state index in [2.05, 4.69) is 50.9 Å². The predicted octanol–water partition coefficient (Wildman–Crippen LogP) is 2.20. The first-order valence-electron chi connectivity index (χ1n) is 7.11. The van der Waals surface area contributed by atoms with Gasteiger partial charge in [-0.05, 0) is 0 Å². The van der Waals surface area contributed by atoms with Crippen LogP contribution in [-0.2, 0) is 0 Å². The topological polar surface area (TPSA) is 9.72 Å². The minimum absolute atomic E-state index is 0.808. The fraction of sp³-hybridized carbons (Fsp3) is 1.00. The Kier molecular flexibility index (Phi) is 6.77. The monoisotopic (exact) mass is 348 g/mol. The Bertz CT molecular complexity index is 201. The molecule has 0 N–H and O–H groups in total. The Balaban J connectivity index is 2.58. The Morgan fingerprint density at radius 2 is 1.35 bits per heavy atom. The van der Waals surface area contributed by atoms with Gasteiger partial charge in [0.15, 0.2) is 0 Å². The van der Waals surface area contributed by atoms with Crippen LogP contribution in [0.4, 0.5) is 0 Å². The molecule has 0 spiro atoms. The molecule has 4 heteroatoms. The molecule has 1 heterocycles. The van der Waals surface area contributed by atoms with Crippen LogP contribution >= 0.6 is 0 Å². The summed E-state index contributed by atoms with van der Waals surface area (Å²) in [5, 5.41) is 0. The zero-order valence-electron chi connectivity index (χ0n) is 12.5. The van der Waals surface area contributed by atoms with Crippen LogP contribution in [0.1, 0.15) is 41.5 Å². The Morgan fingerprint density at radius 1 is 0.941 bits per heavy atom. The zero-order chi connectivity index (χ0) is 13.0. The van der Waals surface area contributed by atoms with Crippen molar-refractivity contribution in [2.24, 2.45) is 11.8 Å². The van der Waals surface area contributed by atoms with Gasteiger partial charge in [0.1, 0.15) is 0 Å². The quantitative estimate of drug-likeness (QED) is 0.654. The van der Waals surface area contributed by atoms with Gasteiger partial charge in [0, 0.05) is 0 Å². The molecule has 0 atom stereocenters. The number of rotatable bonds is 7. The van der Waals surface area contributed by atoms with Crippen LogP contribution in [0.15, 0.2) is 0 Å². The molecule has 0 unspecified atom stereocenters. The van der Waals surface area contributed by atoms with Gasteiger partial charge in [-0.25, -0.2) is 0 Å². The van der Waals surface area contributed by atoms with E-state index in [-0.39, 0.29) is 0 Å². The molecule has 17 heavy (non-hydrogen) atoms. The molecule has 1 aliphatic heterocycles. The van der Waals surface area contributed by atoms with Crippen LogP contribution in [0.5, 0.6) is 0 Å². The Hall–Kier alpha value is 0.679. The maximum atomic E-state index is 2.81. The van der Waals surface area contributed by atoms with Crippen LogP contribution in [0.2, 0.25) is 0 Å². The average Bonchev–Trinajstić information content (AvgIpc) is 2.22. The summed E-state index contributed by atoms with van der Waals surface area (Å²) in [5.74, 6) is 1.62. The van der Waals surface area contributed by atoms with E-state index in [0.717, 1.165) is 11.8 Å². The van der Waals surface area contributed by atoms with Crippen LogP contribution in [0.25, 0.3) is 0 Å². The fourth-order valence-corrected chi connectivity index (χ4v) is 11.6. The molecule has 1 fully saturated rings. The van der Waals surface area contributed by atoms with Gasteiger partial charge in [0.25, 0.3) is 0 Å². The third-order valence-electron chi connectivity index (χ3n) is 3.12. The Labute approximate surface area is 116 Å². The van der Waals surface area contributed by atoms with Gasteiger partial charge >= 0.3 is 116 Å². The van der Waals surface area contributed by atoms with E-state index in [1.165, 1.54) is 32.8 Å². The van der Waals surface area contributed by atoms with Gasteiger partial charge in [-0.15, -0.1) is 0 Å². The van der Waals surface area contributed by atoms with Gasteiger partial charge in [0.05, 0.1) is 0 Å². The Morgan fingerprint density at radius 3 is 1.65 bits per heavy atom. The number of hydrogen-bond acceptors (Lipinski definition) is 3. The minimum atomic E-state index is -1.59. The third-order valence-corrected chi connectivity index (χ3v) is 11.6. The van der Waals surface area contributed by atoms with Crippen molar-refractivity contribution in [2.45, 2.75) is 41.5 Å². The molecule has 0 bridgehead atoms. The van der Waals surface area contributed by atoms with Gasteiger partial charge in [0.2, 0.25) is 0 Å². The average molecular weight is 347 g/mol. The van der Waals surface area contributed by atoms with Crippen molar-refractivity contribution in [3.63, 3.8) is 0 Å². The summed E-state index contributed by atoms with van der Waals surface area (Å²) in [5.41, 5.74) is 0. The van der Waals surface area contributed by atoms with Crippen molar-refractivity contribution < 1.29 is 0 Å². The molecule has 101 valence electrons. The molecule has 0 aromatic carbocycles. The molecule has 0 amide bonds. The van der Waals surface area contributed by atoms with Gasteiger partial charge in [-0.1, -0.05) is 0 Å². The summed E-state index contributed by atoms with van der Waals surface area (Å²) < 4.78 is 8.38. The second kappa shape index (κ2) is 7.31. The fourth-order valence-electron chi connectivity index (χ4n) is 2.52. The second-order valence-electron chi connectivity index (χ2n) is 5.85. The van der Waals surface area contributed by atoms with Crippen molar-refractivity contribution in [1.82, 2.24) is 9.36 Å². The molecule has 0 aromatic rings. The number of hydrogen-bond donors (Lipinski definition) is 0. The number of nitrogens with zero attached hydrogens (tertiary/aromatic N) is 3. The third kappa shape index (κ3) is 4.37. The van der Waals surface area contributed by atoms with Crippen molar-refractivity contribution >= 4 is 20.6 Å². The van der Waals surface area contributed by atoms with Crippen LogP contribution in [0, 0.1) is 11.8 Å². The van der Waals surface area contributed by atoms with E-state index >= 15 is 0 Å². The molecule has 0 aliphatic carbocycles. The molecule has 3 nitrogen and oxygen atoms in total. The van der Waals surface area contributed by atoms with Crippen molar-refractivity contribution in [1.29, 1.82) is 0 Å². The molecule has 0 aromatic heterocycles. The summed E-state index contributed by atoms with van der Waals surface area (Å²) in [6.07, 6.45) is 0. The molecular weight excluding hydrogens is 317 g/mol. The van der Waals surface area contributed by atoms with E-state index in [9.17, 15) is 0 Å². The summed E-state index contributed by atoms with van der Waals surface area (Å²) >= 11 is -1.59. The molecule has 1 rings (SSSR count). The first-order chi connectivity index (χ1) is 7.99.